The van der Waals surface area contributed by atoms with E-state index in [1.165, 1.54) is 11.2 Å². The van der Waals surface area contributed by atoms with Crippen LogP contribution in [-0.2, 0) is 27.3 Å². The Morgan fingerprint density at radius 1 is 1.10 bits per heavy atom. The average Bonchev–Trinajstić information content (AvgIpc) is 3.22. The summed E-state index contributed by atoms with van der Waals surface area (Å²) in [6.45, 7) is 0.0337. The lowest BCUT2D eigenvalue weighted by atomic mass is 10.1. The summed E-state index contributed by atoms with van der Waals surface area (Å²) < 4.78 is 42.1. The lowest BCUT2D eigenvalue weighted by molar-refractivity contribution is -0.167. The van der Waals surface area contributed by atoms with E-state index in [1.54, 1.807) is 36.4 Å². The van der Waals surface area contributed by atoms with E-state index in [1.807, 2.05) is 6.07 Å². The molecular formula is C21H23F3N2O4S. The molecule has 2 rings (SSSR count). The Hall–Kier alpha value is -2.75. The number of furan rings is 1. The van der Waals surface area contributed by atoms with Gasteiger partial charge in [0.1, 0.15) is 11.8 Å². The summed E-state index contributed by atoms with van der Waals surface area (Å²) in [6, 6.07) is 11.4. The summed E-state index contributed by atoms with van der Waals surface area (Å²) in [4.78, 5) is 37.4. The van der Waals surface area contributed by atoms with Crippen molar-refractivity contribution in [2.24, 2.45) is 5.73 Å². The zero-order valence-electron chi connectivity index (χ0n) is 16.6. The number of hydrogen-bond donors (Lipinski definition) is 1. The van der Waals surface area contributed by atoms with E-state index in [-0.39, 0.29) is 31.0 Å². The van der Waals surface area contributed by atoms with Gasteiger partial charge in [-0.05, 0) is 36.3 Å². The van der Waals surface area contributed by atoms with Crippen LogP contribution in [-0.4, -0.2) is 46.2 Å². The molecule has 1 heterocycles. The van der Waals surface area contributed by atoms with E-state index in [0.717, 1.165) is 17.3 Å². The van der Waals surface area contributed by atoms with Gasteiger partial charge in [-0.3, -0.25) is 14.4 Å². The summed E-state index contributed by atoms with van der Waals surface area (Å²) in [5.74, 6) is -2.85. The van der Waals surface area contributed by atoms with Crippen molar-refractivity contribution < 1.29 is 32.0 Å². The SMILES string of the molecule is NC(=O)[C@H](CCCSCC(=O)C(F)(F)F)N(Cc1ccco1)C(=O)Cc1ccccc1. The number of primary amides is 1. The van der Waals surface area contributed by atoms with Crippen LogP contribution in [0.25, 0.3) is 0 Å². The fourth-order valence-electron chi connectivity index (χ4n) is 2.89. The molecule has 0 radical (unpaired) electrons. The predicted molar refractivity (Wildman–Crippen MR) is 110 cm³/mol. The highest BCUT2D eigenvalue weighted by atomic mass is 32.2. The number of Topliss-reactive ketones (excluding diaryl/α,β-unsaturated/α-hetero) is 1. The standard InChI is InChI=1S/C21H23F3N2O4S/c22-21(23,24)18(27)14-31-11-5-9-17(20(25)29)26(13-16-8-4-10-30-16)19(28)12-15-6-2-1-3-7-15/h1-4,6-8,10,17H,5,9,11-14H2,(H2,25,29)/t17-/m0/s1. The molecule has 0 spiro atoms. The summed E-state index contributed by atoms with van der Waals surface area (Å²) in [7, 11) is 0. The first kappa shape index (κ1) is 24.5. The van der Waals surface area contributed by atoms with Crippen molar-refractivity contribution in [2.75, 3.05) is 11.5 Å². The van der Waals surface area contributed by atoms with Crippen LogP contribution in [0.15, 0.2) is 53.1 Å². The first-order chi connectivity index (χ1) is 14.7. The molecule has 0 aliphatic heterocycles. The number of carbonyl (C=O) groups is 3. The Morgan fingerprint density at radius 3 is 2.39 bits per heavy atom. The molecule has 2 aromatic rings. The van der Waals surface area contributed by atoms with Crippen LogP contribution >= 0.6 is 11.8 Å². The Balaban J connectivity index is 2.02. The lowest BCUT2D eigenvalue weighted by Gasteiger charge is -2.29. The number of halogens is 3. The van der Waals surface area contributed by atoms with E-state index in [4.69, 9.17) is 10.2 Å². The van der Waals surface area contributed by atoms with Crippen molar-refractivity contribution in [1.82, 2.24) is 4.90 Å². The van der Waals surface area contributed by atoms with Gasteiger partial charge in [0.25, 0.3) is 0 Å². The molecule has 0 saturated carbocycles. The highest BCUT2D eigenvalue weighted by Gasteiger charge is 2.37. The van der Waals surface area contributed by atoms with Crippen molar-refractivity contribution in [3.05, 3.63) is 60.1 Å². The van der Waals surface area contributed by atoms with Gasteiger partial charge in [-0.25, -0.2) is 0 Å². The first-order valence-corrected chi connectivity index (χ1v) is 10.7. The van der Waals surface area contributed by atoms with E-state index >= 15 is 0 Å². The fraction of sp³-hybridized carbons (Fsp3) is 0.381. The van der Waals surface area contributed by atoms with Gasteiger partial charge >= 0.3 is 6.18 Å². The molecule has 0 bridgehead atoms. The molecule has 2 amide bonds. The van der Waals surface area contributed by atoms with Crippen LogP contribution in [0, 0.1) is 0 Å². The Labute approximate surface area is 182 Å². The van der Waals surface area contributed by atoms with Gasteiger partial charge in [-0.1, -0.05) is 30.3 Å². The number of rotatable bonds is 12. The minimum Gasteiger partial charge on any atom is -0.467 e. The molecule has 31 heavy (non-hydrogen) atoms. The Morgan fingerprint density at radius 2 is 1.81 bits per heavy atom. The molecule has 1 aromatic heterocycles. The molecule has 10 heteroatoms. The number of ketones is 1. The number of carbonyl (C=O) groups excluding carboxylic acids is 3. The number of nitrogens with zero attached hydrogens (tertiary/aromatic N) is 1. The summed E-state index contributed by atoms with van der Waals surface area (Å²) in [5.41, 5.74) is 6.31. The maximum absolute atomic E-state index is 13.0. The Bertz CT molecular complexity index is 857. The van der Waals surface area contributed by atoms with Crippen LogP contribution < -0.4 is 5.73 Å². The van der Waals surface area contributed by atoms with Gasteiger partial charge in [0.2, 0.25) is 17.6 Å². The van der Waals surface area contributed by atoms with Crippen molar-refractivity contribution in [1.29, 1.82) is 0 Å². The summed E-state index contributed by atoms with van der Waals surface area (Å²) in [5, 5.41) is 0. The fourth-order valence-corrected chi connectivity index (χ4v) is 3.76. The summed E-state index contributed by atoms with van der Waals surface area (Å²) in [6.07, 6.45) is -2.89. The number of thioether (sulfide) groups is 1. The van der Waals surface area contributed by atoms with E-state index < -0.39 is 29.7 Å². The third-order valence-corrected chi connectivity index (χ3v) is 5.49. The molecule has 0 fully saturated rings. The third-order valence-electron chi connectivity index (χ3n) is 4.45. The maximum Gasteiger partial charge on any atom is 0.450 e. The second kappa shape index (κ2) is 11.6. The van der Waals surface area contributed by atoms with Crippen LogP contribution in [0.1, 0.15) is 24.2 Å². The normalized spacial score (nSPS) is 12.4. The third kappa shape index (κ3) is 8.12. The van der Waals surface area contributed by atoms with Crippen molar-refractivity contribution >= 4 is 29.4 Å². The second-order valence-corrected chi connectivity index (χ2v) is 7.90. The molecule has 0 aliphatic carbocycles. The van der Waals surface area contributed by atoms with Crippen molar-refractivity contribution in [3.8, 4) is 0 Å². The lowest BCUT2D eigenvalue weighted by Crippen LogP contribution is -2.48. The zero-order valence-corrected chi connectivity index (χ0v) is 17.5. The molecule has 168 valence electrons. The number of benzene rings is 1. The predicted octanol–water partition coefficient (Wildman–Crippen LogP) is 3.35. The van der Waals surface area contributed by atoms with Gasteiger partial charge in [0.15, 0.2) is 0 Å². The second-order valence-electron chi connectivity index (χ2n) is 6.80. The maximum atomic E-state index is 13.0. The topological polar surface area (TPSA) is 93.6 Å². The molecular weight excluding hydrogens is 433 g/mol. The molecule has 1 atom stereocenters. The minimum absolute atomic E-state index is 0.0337. The number of nitrogens with two attached hydrogens (primary N) is 1. The van der Waals surface area contributed by atoms with Crippen LogP contribution in [0.3, 0.4) is 0 Å². The molecule has 0 aliphatic rings. The van der Waals surface area contributed by atoms with E-state index in [2.05, 4.69) is 0 Å². The van der Waals surface area contributed by atoms with E-state index in [9.17, 15) is 27.6 Å². The molecule has 6 nitrogen and oxygen atoms in total. The highest BCUT2D eigenvalue weighted by molar-refractivity contribution is 7.99. The molecule has 0 unspecified atom stereocenters. The number of amides is 2. The molecule has 2 N–H and O–H groups in total. The van der Waals surface area contributed by atoms with Crippen molar-refractivity contribution in [3.63, 3.8) is 0 Å². The van der Waals surface area contributed by atoms with Crippen LogP contribution in [0.2, 0.25) is 0 Å². The quantitative estimate of drug-likeness (QED) is 0.495. The van der Waals surface area contributed by atoms with Crippen LogP contribution in [0.5, 0.6) is 0 Å². The van der Waals surface area contributed by atoms with Gasteiger partial charge < -0.3 is 15.1 Å². The number of alkyl halides is 3. The largest absolute Gasteiger partial charge is 0.467 e. The zero-order chi connectivity index (χ0) is 22.9. The minimum atomic E-state index is -4.85. The van der Waals surface area contributed by atoms with Gasteiger partial charge in [0, 0.05) is 0 Å². The monoisotopic (exact) mass is 456 g/mol. The molecule has 1 aromatic carbocycles. The average molecular weight is 456 g/mol. The van der Waals surface area contributed by atoms with Crippen molar-refractivity contribution in [2.45, 2.75) is 38.0 Å². The molecule has 0 saturated heterocycles. The Kier molecular flexibility index (Phi) is 9.17. The summed E-state index contributed by atoms with van der Waals surface area (Å²) >= 11 is 0.826. The van der Waals surface area contributed by atoms with Gasteiger partial charge in [0.05, 0.1) is 25.0 Å². The number of hydrogen-bond acceptors (Lipinski definition) is 5. The smallest absolute Gasteiger partial charge is 0.450 e. The van der Waals surface area contributed by atoms with Crippen LogP contribution in [0.4, 0.5) is 13.2 Å². The van der Waals surface area contributed by atoms with Gasteiger partial charge in [-0.15, -0.1) is 0 Å². The highest BCUT2D eigenvalue weighted by Crippen LogP contribution is 2.21. The van der Waals surface area contributed by atoms with Gasteiger partial charge in [-0.2, -0.15) is 24.9 Å². The van der Waals surface area contributed by atoms with E-state index in [0.29, 0.717) is 12.2 Å². The first-order valence-electron chi connectivity index (χ1n) is 9.51.